The zero-order chi connectivity index (χ0) is 20.2. The quantitative estimate of drug-likeness (QED) is 0.425. The Labute approximate surface area is 173 Å². The van der Waals surface area contributed by atoms with Crippen molar-refractivity contribution in [3.8, 4) is 17.1 Å². The number of carbonyl (C=O) groups is 1. The Hall–Kier alpha value is -2.70. The van der Waals surface area contributed by atoms with Crippen LogP contribution in [0.15, 0.2) is 48.7 Å². The molecular weight excluding hydrogens is 392 g/mol. The average molecular weight is 413 g/mol. The fraction of sp³-hybridized carbons (Fsp3) is 0.318. The largest absolute Gasteiger partial charge is 0.491 e. The molecule has 1 aliphatic rings. The monoisotopic (exact) mass is 412 g/mol. The molecule has 0 atom stereocenters. The number of para-hydroxylation sites is 1. The summed E-state index contributed by atoms with van der Waals surface area (Å²) in [5.74, 6) is 1.19. The van der Waals surface area contributed by atoms with Crippen LogP contribution in [0.1, 0.15) is 12.8 Å². The van der Waals surface area contributed by atoms with Crippen molar-refractivity contribution in [2.45, 2.75) is 18.9 Å². The van der Waals surface area contributed by atoms with Crippen LogP contribution < -0.4 is 4.74 Å². The van der Waals surface area contributed by atoms with Gasteiger partial charge >= 0.3 is 5.97 Å². The standard InChI is InChI=1S/C22H21ClN2O4/c1-27-22(26)16-11-18(12-16)29-10-9-28-17-7-5-14(6-8-17)21-24-13-15-3-2-4-19(23)20(15)25-21/h2-8,13,16,18H,9-12H2,1H3/t16-,18+. The van der Waals surface area contributed by atoms with Crippen LogP contribution in [0, 0.1) is 5.92 Å². The lowest BCUT2D eigenvalue weighted by atomic mass is 9.82. The molecule has 29 heavy (non-hydrogen) atoms. The van der Waals surface area contributed by atoms with Gasteiger partial charge in [-0.25, -0.2) is 9.97 Å². The van der Waals surface area contributed by atoms with Gasteiger partial charge in [-0.3, -0.25) is 4.79 Å². The lowest BCUT2D eigenvalue weighted by Crippen LogP contribution is -2.37. The van der Waals surface area contributed by atoms with Crippen molar-refractivity contribution in [2.24, 2.45) is 5.92 Å². The summed E-state index contributed by atoms with van der Waals surface area (Å²) in [6.07, 6.45) is 3.33. The number of esters is 1. The Morgan fingerprint density at radius 1 is 1.14 bits per heavy atom. The van der Waals surface area contributed by atoms with Crippen molar-refractivity contribution in [3.05, 3.63) is 53.7 Å². The van der Waals surface area contributed by atoms with Gasteiger partial charge in [0.05, 0.1) is 36.3 Å². The van der Waals surface area contributed by atoms with Gasteiger partial charge in [-0.2, -0.15) is 0 Å². The maximum Gasteiger partial charge on any atom is 0.308 e. The molecule has 0 radical (unpaired) electrons. The Bertz CT molecular complexity index is 1000. The normalized spacial score (nSPS) is 18.3. The maximum absolute atomic E-state index is 11.3. The summed E-state index contributed by atoms with van der Waals surface area (Å²) in [7, 11) is 1.41. The molecule has 3 aromatic rings. The van der Waals surface area contributed by atoms with E-state index in [-0.39, 0.29) is 18.0 Å². The maximum atomic E-state index is 11.3. The zero-order valence-electron chi connectivity index (χ0n) is 16.0. The van der Waals surface area contributed by atoms with E-state index < -0.39 is 0 Å². The van der Waals surface area contributed by atoms with Gasteiger partial charge in [-0.1, -0.05) is 23.7 Å². The first-order chi connectivity index (χ1) is 14.1. The Kier molecular flexibility index (Phi) is 5.92. The van der Waals surface area contributed by atoms with Gasteiger partial charge < -0.3 is 14.2 Å². The second-order valence-electron chi connectivity index (χ2n) is 6.93. The van der Waals surface area contributed by atoms with Crippen molar-refractivity contribution in [2.75, 3.05) is 20.3 Å². The van der Waals surface area contributed by atoms with Crippen LogP contribution in [0.5, 0.6) is 5.75 Å². The third-order valence-electron chi connectivity index (χ3n) is 5.01. The summed E-state index contributed by atoms with van der Waals surface area (Å²) >= 11 is 6.24. The first kappa shape index (κ1) is 19.6. The van der Waals surface area contributed by atoms with Crippen LogP contribution in [0.2, 0.25) is 5.02 Å². The molecule has 7 heteroatoms. The predicted molar refractivity (Wildman–Crippen MR) is 110 cm³/mol. The minimum Gasteiger partial charge on any atom is -0.491 e. The third kappa shape index (κ3) is 4.49. The molecule has 150 valence electrons. The molecule has 1 heterocycles. The molecule has 1 aromatic heterocycles. The highest BCUT2D eigenvalue weighted by Crippen LogP contribution is 2.31. The number of halogens is 1. The van der Waals surface area contributed by atoms with E-state index in [0.717, 1.165) is 35.1 Å². The second-order valence-corrected chi connectivity index (χ2v) is 7.34. The molecule has 0 saturated heterocycles. The number of nitrogens with zero attached hydrogens (tertiary/aromatic N) is 2. The number of methoxy groups -OCH3 is 1. The number of hydrogen-bond acceptors (Lipinski definition) is 6. The lowest BCUT2D eigenvalue weighted by molar-refractivity contribution is -0.155. The second kappa shape index (κ2) is 8.76. The first-order valence-electron chi connectivity index (χ1n) is 9.48. The molecule has 0 bridgehead atoms. The molecule has 1 saturated carbocycles. The summed E-state index contributed by atoms with van der Waals surface area (Å²) in [6.45, 7) is 0.924. The van der Waals surface area contributed by atoms with E-state index in [1.54, 1.807) is 6.20 Å². The topological polar surface area (TPSA) is 70.5 Å². The molecular formula is C22H21ClN2O4. The highest BCUT2D eigenvalue weighted by Gasteiger charge is 2.35. The molecule has 0 spiro atoms. The van der Waals surface area contributed by atoms with Crippen LogP contribution in [-0.2, 0) is 14.3 Å². The van der Waals surface area contributed by atoms with Crippen LogP contribution >= 0.6 is 11.6 Å². The van der Waals surface area contributed by atoms with E-state index >= 15 is 0 Å². The van der Waals surface area contributed by atoms with Gasteiger partial charge in [0.25, 0.3) is 0 Å². The molecule has 4 rings (SSSR count). The molecule has 1 aliphatic carbocycles. The molecule has 1 fully saturated rings. The van der Waals surface area contributed by atoms with Gasteiger partial charge in [0.15, 0.2) is 5.82 Å². The van der Waals surface area contributed by atoms with Gasteiger partial charge in [-0.05, 0) is 43.2 Å². The van der Waals surface area contributed by atoms with Crippen LogP contribution in [0.25, 0.3) is 22.3 Å². The van der Waals surface area contributed by atoms with Crippen molar-refractivity contribution in [1.29, 1.82) is 0 Å². The Balaban J connectivity index is 1.28. The first-order valence-corrected chi connectivity index (χ1v) is 9.86. The smallest absolute Gasteiger partial charge is 0.308 e. The molecule has 0 aliphatic heterocycles. The minimum atomic E-state index is -0.154. The van der Waals surface area contributed by atoms with Gasteiger partial charge in [-0.15, -0.1) is 0 Å². The highest BCUT2D eigenvalue weighted by atomic mass is 35.5. The summed E-state index contributed by atoms with van der Waals surface area (Å²) in [4.78, 5) is 20.3. The van der Waals surface area contributed by atoms with Gasteiger partial charge in [0.2, 0.25) is 0 Å². The molecule has 0 unspecified atom stereocenters. The van der Waals surface area contributed by atoms with Crippen molar-refractivity contribution in [1.82, 2.24) is 9.97 Å². The number of ether oxygens (including phenoxy) is 3. The molecule has 2 aromatic carbocycles. The minimum absolute atomic E-state index is 0.0225. The zero-order valence-corrected chi connectivity index (χ0v) is 16.8. The number of benzene rings is 2. The lowest BCUT2D eigenvalue weighted by Gasteiger charge is -2.32. The van der Waals surface area contributed by atoms with E-state index in [9.17, 15) is 4.79 Å². The summed E-state index contributed by atoms with van der Waals surface area (Å²) in [5, 5.41) is 1.51. The predicted octanol–water partition coefficient (Wildman–Crippen LogP) is 4.30. The molecule has 0 amide bonds. The van der Waals surface area contributed by atoms with Crippen molar-refractivity contribution in [3.63, 3.8) is 0 Å². The van der Waals surface area contributed by atoms with Crippen molar-refractivity contribution >= 4 is 28.5 Å². The molecule has 6 nitrogen and oxygen atoms in total. The van der Waals surface area contributed by atoms with Crippen LogP contribution in [-0.4, -0.2) is 42.4 Å². The Morgan fingerprint density at radius 2 is 1.93 bits per heavy atom. The fourth-order valence-electron chi connectivity index (χ4n) is 3.29. The van der Waals surface area contributed by atoms with E-state index in [4.69, 9.17) is 25.8 Å². The SMILES string of the molecule is COC(=O)[C@H]1C[C@@H](OCCOc2ccc(-c3ncc4cccc(Cl)c4n3)cc2)C1. The fourth-order valence-corrected chi connectivity index (χ4v) is 3.52. The number of carbonyl (C=O) groups excluding carboxylic acids is 1. The summed E-state index contributed by atoms with van der Waals surface area (Å²) < 4.78 is 16.1. The highest BCUT2D eigenvalue weighted by molar-refractivity contribution is 6.35. The summed E-state index contributed by atoms with van der Waals surface area (Å²) in [6, 6.07) is 13.2. The average Bonchev–Trinajstić information content (AvgIpc) is 2.72. The summed E-state index contributed by atoms with van der Waals surface area (Å²) in [5.41, 5.74) is 1.63. The van der Waals surface area contributed by atoms with Gasteiger partial charge in [0.1, 0.15) is 12.4 Å². The van der Waals surface area contributed by atoms with Crippen LogP contribution in [0.4, 0.5) is 0 Å². The van der Waals surface area contributed by atoms with E-state index in [2.05, 4.69) is 9.97 Å². The van der Waals surface area contributed by atoms with Gasteiger partial charge in [0, 0.05) is 17.1 Å². The third-order valence-corrected chi connectivity index (χ3v) is 5.31. The molecule has 0 N–H and O–H groups in total. The number of hydrogen-bond donors (Lipinski definition) is 0. The van der Waals surface area contributed by atoms with E-state index in [0.29, 0.717) is 24.1 Å². The number of rotatable bonds is 7. The van der Waals surface area contributed by atoms with E-state index in [1.807, 2.05) is 42.5 Å². The van der Waals surface area contributed by atoms with E-state index in [1.165, 1.54) is 7.11 Å². The number of fused-ring (bicyclic) bond motifs is 1. The van der Waals surface area contributed by atoms with Crippen LogP contribution in [0.3, 0.4) is 0 Å². The Morgan fingerprint density at radius 3 is 2.69 bits per heavy atom. The number of aromatic nitrogens is 2. The van der Waals surface area contributed by atoms with Crippen molar-refractivity contribution < 1.29 is 19.0 Å².